The van der Waals surface area contributed by atoms with E-state index in [9.17, 15) is 4.39 Å². The SMILES string of the molecule is CCCN(Cc1ccc(F)cc1C(=N)N)C1CC1. The molecule has 1 saturated carbocycles. The lowest BCUT2D eigenvalue weighted by Gasteiger charge is -2.22. The van der Waals surface area contributed by atoms with E-state index in [0.29, 0.717) is 11.6 Å². The largest absolute Gasteiger partial charge is 0.384 e. The monoisotopic (exact) mass is 249 g/mol. The van der Waals surface area contributed by atoms with Crippen LogP contribution in [0, 0.1) is 11.2 Å². The zero-order valence-corrected chi connectivity index (χ0v) is 10.7. The highest BCUT2D eigenvalue weighted by atomic mass is 19.1. The molecule has 0 unspecified atom stereocenters. The first-order chi connectivity index (χ1) is 8.61. The summed E-state index contributed by atoms with van der Waals surface area (Å²) in [6.07, 6.45) is 3.60. The van der Waals surface area contributed by atoms with Crippen molar-refractivity contribution in [3.63, 3.8) is 0 Å². The van der Waals surface area contributed by atoms with E-state index in [1.807, 2.05) is 0 Å². The molecule has 0 aliphatic heterocycles. The first-order valence-electron chi connectivity index (χ1n) is 6.48. The highest BCUT2D eigenvalue weighted by Gasteiger charge is 2.28. The first-order valence-corrected chi connectivity index (χ1v) is 6.48. The van der Waals surface area contributed by atoms with Crippen LogP contribution in [-0.4, -0.2) is 23.3 Å². The van der Waals surface area contributed by atoms with Crippen LogP contribution in [0.4, 0.5) is 4.39 Å². The molecule has 1 aliphatic rings. The zero-order chi connectivity index (χ0) is 13.1. The number of hydrogen-bond donors (Lipinski definition) is 2. The van der Waals surface area contributed by atoms with Crippen LogP contribution in [0.5, 0.6) is 0 Å². The summed E-state index contributed by atoms with van der Waals surface area (Å²) in [7, 11) is 0. The van der Waals surface area contributed by atoms with Gasteiger partial charge in [-0.1, -0.05) is 13.0 Å². The van der Waals surface area contributed by atoms with Crippen LogP contribution < -0.4 is 5.73 Å². The van der Waals surface area contributed by atoms with Gasteiger partial charge in [-0.25, -0.2) is 4.39 Å². The number of halogens is 1. The molecule has 18 heavy (non-hydrogen) atoms. The van der Waals surface area contributed by atoms with Crippen molar-refractivity contribution >= 4 is 5.84 Å². The molecule has 98 valence electrons. The standard InChI is InChI=1S/C14H20FN3/c1-2-7-18(12-5-6-12)9-10-3-4-11(15)8-13(10)14(16)17/h3-4,8,12H,2,5-7,9H2,1H3,(H3,16,17). The highest BCUT2D eigenvalue weighted by Crippen LogP contribution is 2.29. The number of nitrogens with one attached hydrogen (secondary N) is 1. The van der Waals surface area contributed by atoms with E-state index in [1.54, 1.807) is 6.07 Å². The first kappa shape index (κ1) is 13.0. The normalized spacial score (nSPS) is 15.1. The fourth-order valence-corrected chi connectivity index (χ4v) is 2.27. The van der Waals surface area contributed by atoms with E-state index in [1.165, 1.54) is 25.0 Å². The van der Waals surface area contributed by atoms with Crippen LogP contribution in [-0.2, 0) is 6.54 Å². The summed E-state index contributed by atoms with van der Waals surface area (Å²) in [6, 6.07) is 5.21. The molecule has 0 aromatic heterocycles. The van der Waals surface area contributed by atoms with Crippen molar-refractivity contribution in [3.8, 4) is 0 Å². The van der Waals surface area contributed by atoms with E-state index >= 15 is 0 Å². The maximum atomic E-state index is 13.2. The lowest BCUT2D eigenvalue weighted by molar-refractivity contribution is 0.255. The molecule has 3 nitrogen and oxygen atoms in total. The van der Waals surface area contributed by atoms with Gasteiger partial charge in [-0.15, -0.1) is 0 Å². The fourth-order valence-electron chi connectivity index (χ4n) is 2.27. The van der Waals surface area contributed by atoms with Gasteiger partial charge in [0, 0.05) is 18.2 Å². The predicted molar refractivity (Wildman–Crippen MR) is 71.1 cm³/mol. The lowest BCUT2D eigenvalue weighted by atomic mass is 10.1. The Morgan fingerprint density at radius 2 is 2.22 bits per heavy atom. The number of benzene rings is 1. The van der Waals surface area contributed by atoms with E-state index in [0.717, 1.165) is 25.1 Å². The Morgan fingerprint density at radius 1 is 1.50 bits per heavy atom. The Bertz CT molecular complexity index is 441. The third-order valence-corrected chi connectivity index (χ3v) is 3.31. The number of amidine groups is 1. The molecular formula is C14H20FN3. The van der Waals surface area contributed by atoms with Crippen molar-refractivity contribution in [1.29, 1.82) is 5.41 Å². The van der Waals surface area contributed by atoms with Crippen LogP contribution in [0.3, 0.4) is 0 Å². The molecule has 0 amide bonds. The van der Waals surface area contributed by atoms with E-state index in [4.69, 9.17) is 11.1 Å². The molecule has 0 saturated heterocycles. The molecule has 1 aromatic rings. The molecule has 3 N–H and O–H groups in total. The Kier molecular flexibility index (Phi) is 3.97. The molecule has 4 heteroatoms. The maximum absolute atomic E-state index is 13.2. The highest BCUT2D eigenvalue weighted by molar-refractivity contribution is 5.96. The number of hydrogen-bond acceptors (Lipinski definition) is 2. The molecule has 1 fully saturated rings. The van der Waals surface area contributed by atoms with Gasteiger partial charge in [0.15, 0.2) is 0 Å². The summed E-state index contributed by atoms with van der Waals surface area (Å²) < 4.78 is 13.2. The smallest absolute Gasteiger partial charge is 0.123 e. The van der Waals surface area contributed by atoms with Crippen molar-refractivity contribution in [2.24, 2.45) is 5.73 Å². The number of nitrogen functional groups attached to an aromatic ring is 1. The molecular weight excluding hydrogens is 229 g/mol. The van der Waals surface area contributed by atoms with Crippen molar-refractivity contribution < 1.29 is 4.39 Å². The Morgan fingerprint density at radius 3 is 2.78 bits per heavy atom. The van der Waals surface area contributed by atoms with Gasteiger partial charge >= 0.3 is 0 Å². The minimum atomic E-state index is -0.336. The van der Waals surface area contributed by atoms with Crippen LogP contribution in [0.1, 0.15) is 37.3 Å². The number of nitrogens with zero attached hydrogens (tertiary/aromatic N) is 1. The van der Waals surface area contributed by atoms with Crippen molar-refractivity contribution in [3.05, 3.63) is 35.1 Å². The average molecular weight is 249 g/mol. The molecule has 0 heterocycles. The fraction of sp³-hybridized carbons (Fsp3) is 0.500. The van der Waals surface area contributed by atoms with Gasteiger partial charge in [-0.3, -0.25) is 10.3 Å². The Balaban J connectivity index is 2.18. The summed E-state index contributed by atoms with van der Waals surface area (Å²) in [6.45, 7) is 3.96. The van der Waals surface area contributed by atoms with Crippen LogP contribution >= 0.6 is 0 Å². The van der Waals surface area contributed by atoms with Gasteiger partial charge in [-0.2, -0.15) is 0 Å². The minimum Gasteiger partial charge on any atom is -0.384 e. The van der Waals surface area contributed by atoms with Gasteiger partial charge in [0.2, 0.25) is 0 Å². The van der Waals surface area contributed by atoms with Crippen molar-refractivity contribution in [1.82, 2.24) is 4.90 Å². The van der Waals surface area contributed by atoms with E-state index in [-0.39, 0.29) is 11.7 Å². The van der Waals surface area contributed by atoms with Gasteiger partial charge in [0.25, 0.3) is 0 Å². The maximum Gasteiger partial charge on any atom is 0.123 e. The second kappa shape index (κ2) is 5.48. The number of rotatable bonds is 6. The molecule has 0 radical (unpaired) electrons. The molecule has 0 bridgehead atoms. The summed E-state index contributed by atoms with van der Waals surface area (Å²) in [5.74, 6) is -0.394. The third kappa shape index (κ3) is 3.07. The lowest BCUT2D eigenvalue weighted by Crippen LogP contribution is -2.28. The average Bonchev–Trinajstić information content (AvgIpc) is 3.14. The van der Waals surface area contributed by atoms with Crippen LogP contribution in [0.15, 0.2) is 18.2 Å². The zero-order valence-electron chi connectivity index (χ0n) is 10.7. The summed E-state index contributed by atoms with van der Waals surface area (Å²) in [5, 5.41) is 7.53. The molecule has 0 spiro atoms. The van der Waals surface area contributed by atoms with Crippen LogP contribution in [0.25, 0.3) is 0 Å². The topological polar surface area (TPSA) is 53.1 Å². The Labute approximate surface area is 107 Å². The van der Waals surface area contributed by atoms with E-state index in [2.05, 4.69) is 11.8 Å². The molecule has 2 rings (SSSR count). The van der Waals surface area contributed by atoms with Gasteiger partial charge in [-0.05, 0) is 43.5 Å². The summed E-state index contributed by atoms with van der Waals surface area (Å²) >= 11 is 0. The third-order valence-electron chi connectivity index (χ3n) is 3.31. The van der Waals surface area contributed by atoms with Gasteiger partial charge in [0.1, 0.15) is 11.7 Å². The molecule has 1 aromatic carbocycles. The second-order valence-corrected chi connectivity index (χ2v) is 4.92. The minimum absolute atomic E-state index is 0.0586. The predicted octanol–water partition coefficient (Wildman–Crippen LogP) is 2.48. The Hall–Kier alpha value is -1.42. The molecule has 1 aliphatic carbocycles. The number of nitrogens with two attached hydrogens (primary N) is 1. The second-order valence-electron chi connectivity index (χ2n) is 4.92. The van der Waals surface area contributed by atoms with Crippen molar-refractivity contribution in [2.45, 2.75) is 38.8 Å². The van der Waals surface area contributed by atoms with Crippen LogP contribution in [0.2, 0.25) is 0 Å². The van der Waals surface area contributed by atoms with E-state index < -0.39 is 0 Å². The van der Waals surface area contributed by atoms with Gasteiger partial charge < -0.3 is 5.73 Å². The summed E-state index contributed by atoms with van der Waals surface area (Å²) in [5.41, 5.74) is 7.00. The van der Waals surface area contributed by atoms with Crippen molar-refractivity contribution in [2.75, 3.05) is 6.54 Å². The summed E-state index contributed by atoms with van der Waals surface area (Å²) in [4.78, 5) is 2.40. The quantitative estimate of drug-likeness (QED) is 0.601. The molecule has 0 atom stereocenters. The van der Waals surface area contributed by atoms with Gasteiger partial charge in [0.05, 0.1) is 0 Å².